The van der Waals surface area contributed by atoms with E-state index in [0.717, 1.165) is 5.56 Å². The smallest absolute Gasteiger partial charge is 0.171 e. The van der Waals surface area contributed by atoms with Gasteiger partial charge in [-0.25, -0.2) is 0 Å². The molecule has 0 saturated heterocycles. The monoisotopic (exact) mass is 276 g/mol. The first-order chi connectivity index (χ1) is 9.69. The summed E-state index contributed by atoms with van der Waals surface area (Å²) >= 11 is 0. The molecule has 0 bridgehead atoms. The third-order valence-corrected chi connectivity index (χ3v) is 2.95. The van der Waals surface area contributed by atoms with Crippen molar-refractivity contribution in [2.45, 2.75) is 6.42 Å². The largest absolute Gasteiger partial charge is 0.496 e. The Kier molecular flexibility index (Phi) is 4.30. The van der Waals surface area contributed by atoms with Gasteiger partial charge in [0.25, 0.3) is 0 Å². The third-order valence-electron chi connectivity index (χ3n) is 2.95. The van der Waals surface area contributed by atoms with Crippen molar-refractivity contribution < 1.29 is 23.4 Å². The van der Waals surface area contributed by atoms with Crippen LogP contribution in [0.1, 0.15) is 15.9 Å². The lowest BCUT2D eigenvalue weighted by atomic mass is 10.0. The number of benzene rings is 1. The average Bonchev–Trinajstić information content (AvgIpc) is 2.98. The van der Waals surface area contributed by atoms with E-state index in [1.54, 1.807) is 24.5 Å². The second-order valence-corrected chi connectivity index (χ2v) is 4.14. The maximum absolute atomic E-state index is 12.3. The van der Waals surface area contributed by atoms with Crippen molar-refractivity contribution in [3.05, 3.63) is 41.9 Å². The topological polar surface area (TPSA) is 57.9 Å². The molecule has 0 N–H and O–H groups in total. The van der Waals surface area contributed by atoms with E-state index in [9.17, 15) is 4.79 Å². The van der Waals surface area contributed by atoms with Gasteiger partial charge in [0.2, 0.25) is 0 Å². The van der Waals surface area contributed by atoms with Gasteiger partial charge in [-0.15, -0.1) is 0 Å². The Morgan fingerprint density at radius 3 is 2.25 bits per heavy atom. The molecule has 0 fully saturated rings. The Labute approximate surface area is 117 Å². The number of ether oxygens (including phenoxy) is 3. The lowest BCUT2D eigenvalue weighted by Crippen LogP contribution is -2.06. The molecule has 0 saturated carbocycles. The van der Waals surface area contributed by atoms with Crippen molar-refractivity contribution in [1.82, 2.24) is 0 Å². The van der Waals surface area contributed by atoms with E-state index in [4.69, 9.17) is 18.6 Å². The second kappa shape index (κ2) is 6.14. The summed E-state index contributed by atoms with van der Waals surface area (Å²) in [5.41, 5.74) is 1.26. The van der Waals surface area contributed by atoms with Crippen LogP contribution in [0.4, 0.5) is 0 Å². The zero-order chi connectivity index (χ0) is 14.5. The summed E-state index contributed by atoms with van der Waals surface area (Å²) in [5.74, 6) is 1.38. The zero-order valence-corrected chi connectivity index (χ0v) is 11.6. The number of Topliss-reactive ketones (excluding diaryl/α,β-unsaturated/α-hetero) is 1. The molecule has 0 aliphatic rings. The van der Waals surface area contributed by atoms with Crippen molar-refractivity contribution in [2.75, 3.05) is 21.3 Å². The normalized spacial score (nSPS) is 10.2. The van der Waals surface area contributed by atoms with Crippen LogP contribution < -0.4 is 14.2 Å². The number of furan rings is 1. The lowest BCUT2D eigenvalue weighted by Gasteiger charge is -2.13. The molecular formula is C15H16O5. The summed E-state index contributed by atoms with van der Waals surface area (Å²) < 4.78 is 20.6. The summed E-state index contributed by atoms with van der Waals surface area (Å²) in [6.45, 7) is 0. The Bertz CT molecular complexity index is 587. The molecule has 0 spiro atoms. The fraction of sp³-hybridized carbons (Fsp3) is 0.267. The number of methoxy groups -OCH3 is 3. The minimum atomic E-state index is -0.0794. The second-order valence-electron chi connectivity index (χ2n) is 4.14. The standard InChI is InChI=1S/C15H16O5/c1-17-13-8-15(19-3)14(18-2)7-11(13)12(16)6-10-4-5-20-9-10/h4-5,7-9H,6H2,1-3H3. The third kappa shape index (κ3) is 2.77. The highest BCUT2D eigenvalue weighted by molar-refractivity contribution is 6.00. The molecule has 0 aliphatic heterocycles. The van der Waals surface area contributed by atoms with Gasteiger partial charge in [0.05, 0.1) is 39.4 Å². The van der Waals surface area contributed by atoms with Crippen LogP contribution in [-0.4, -0.2) is 27.1 Å². The zero-order valence-electron chi connectivity index (χ0n) is 11.6. The molecule has 0 atom stereocenters. The summed E-state index contributed by atoms with van der Waals surface area (Å²) in [7, 11) is 4.56. The van der Waals surface area contributed by atoms with Gasteiger partial charge in [-0.2, -0.15) is 0 Å². The van der Waals surface area contributed by atoms with E-state index >= 15 is 0 Å². The lowest BCUT2D eigenvalue weighted by molar-refractivity contribution is 0.0989. The minimum absolute atomic E-state index is 0.0794. The van der Waals surface area contributed by atoms with Gasteiger partial charge in [0.1, 0.15) is 5.75 Å². The molecule has 2 rings (SSSR count). The molecule has 0 aliphatic carbocycles. The van der Waals surface area contributed by atoms with Crippen LogP contribution in [0.25, 0.3) is 0 Å². The quantitative estimate of drug-likeness (QED) is 0.759. The molecule has 1 heterocycles. The van der Waals surface area contributed by atoms with Crippen LogP contribution >= 0.6 is 0 Å². The predicted molar refractivity (Wildman–Crippen MR) is 72.8 cm³/mol. The molecule has 0 amide bonds. The summed E-state index contributed by atoms with van der Waals surface area (Å²) in [5, 5.41) is 0. The van der Waals surface area contributed by atoms with Gasteiger partial charge in [-0.05, 0) is 17.7 Å². The number of hydrogen-bond acceptors (Lipinski definition) is 5. The van der Waals surface area contributed by atoms with Gasteiger partial charge < -0.3 is 18.6 Å². The van der Waals surface area contributed by atoms with Crippen LogP contribution in [0.15, 0.2) is 35.1 Å². The maximum atomic E-state index is 12.3. The van der Waals surface area contributed by atoms with Crippen LogP contribution in [-0.2, 0) is 6.42 Å². The van der Waals surface area contributed by atoms with E-state index in [-0.39, 0.29) is 12.2 Å². The number of ketones is 1. The summed E-state index contributed by atoms with van der Waals surface area (Å²) in [4.78, 5) is 12.3. The van der Waals surface area contributed by atoms with E-state index in [2.05, 4.69) is 0 Å². The van der Waals surface area contributed by atoms with Crippen molar-refractivity contribution in [3.8, 4) is 17.2 Å². The Hall–Kier alpha value is -2.43. The molecule has 2 aromatic rings. The molecule has 1 aromatic heterocycles. The molecule has 20 heavy (non-hydrogen) atoms. The van der Waals surface area contributed by atoms with Gasteiger partial charge >= 0.3 is 0 Å². The first-order valence-corrected chi connectivity index (χ1v) is 6.04. The molecule has 0 unspecified atom stereocenters. The molecule has 5 heteroatoms. The summed E-state index contributed by atoms with van der Waals surface area (Å²) in [6.07, 6.45) is 3.32. The summed E-state index contributed by atoms with van der Waals surface area (Å²) in [6, 6.07) is 5.02. The number of carbonyl (C=O) groups is 1. The fourth-order valence-corrected chi connectivity index (χ4v) is 1.92. The highest BCUT2D eigenvalue weighted by Gasteiger charge is 2.18. The first-order valence-electron chi connectivity index (χ1n) is 6.04. The maximum Gasteiger partial charge on any atom is 0.171 e. The number of hydrogen-bond donors (Lipinski definition) is 0. The Balaban J connectivity index is 2.36. The van der Waals surface area contributed by atoms with E-state index < -0.39 is 0 Å². The van der Waals surface area contributed by atoms with Crippen LogP contribution in [0.2, 0.25) is 0 Å². The molecular weight excluding hydrogens is 260 g/mol. The Morgan fingerprint density at radius 2 is 1.70 bits per heavy atom. The van der Waals surface area contributed by atoms with Gasteiger partial charge in [-0.3, -0.25) is 4.79 Å². The Morgan fingerprint density at radius 1 is 1.05 bits per heavy atom. The molecule has 1 aromatic carbocycles. The predicted octanol–water partition coefficient (Wildman–Crippen LogP) is 2.73. The van der Waals surface area contributed by atoms with Crippen LogP contribution in [0.5, 0.6) is 17.2 Å². The fourth-order valence-electron chi connectivity index (χ4n) is 1.92. The molecule has 5 nitrogen and oxygen atoms in total. The van der Waals surface area contributed by atoms with Crippen LogP contribution in [0, 0.1) is 0 Å². The van der Waals surface area contributed by atoms with E-state index in [1.807, 2.05) is 0 Å². The van der Waals surface area contributed by atoms with Gasteiger partial charge in [0, 0.05) is 12.5 Å². The van der Waals surface area contributed by atoms with Gasteiger partial charge in [-0.1, -0.05) is 0 Å². The van der Waals surface area contributed by atoms with Crippen molar-refractivity contribution in [1.29, 1.82) is 0 Å². The van der Waals surface area contributed by atoms with Crippen molar-refractivity contribution >= 4 is 5.78 Å². The van der Waals surface area contributed by atoms with E-state index in [0.29, 0.717) is 22.8 Å². The average molecular weight is 276 g/mol. The minimum Gasteiger partial charge on any atom is -0.496 e. The van der Waals surface area contributed by atoms with Crippen molar-refractivity contribution in [3.63, 3.8) is 0 Å². The van der Waals surface area contributed by atoms with Gasteiger partial charge in [0.15, 0.2) is 17.3 Å². The van der Waals surface area contributed by atoms with Crippen LogP contribution in [0.3, 0.4) is 0 Å². The van der Waals surface area contributed by atoms with E-state index in [1.165, 1.54) is 27.6 Å². The number of carbonyl (C=O) groups excluding carboxylic acids is 1. The highest BCUT2D eigenvalue weighted by Crippen LogP contribution is 2.35. The highest BCUT2D eigenvalue weighted by atomic mass is 16.5. The number of rotatable bonds is 6. The first kappa shape index (κ1) is 14.0. The molecule has 106 valence electrons. The molecule has 0 radical (unpaired) electrons. The van der Waals surface area contributed by atoms with Crippen molar-refractivity contribution in [2.24, 2.45) is 0 Å². The SMILES string of the molecule is COc1cc(OC)c(C(=O)Cc2ccoc2)cc1OC.